The number of hydrogen-bond donors (Lipinski definition) is 1. The molecule has 1 saturated carbocycles. The molecule has 2 aromatic carbocycles. The van der Waals surface area contributed by atoms with Crippen molar-refractivity contribution in [1.82, 2.24) is 10.2 Å². The second kappa shape index (κ2) is 8.21. The molecule has 1 aliphatic carbocycles. The van der Waals surface area contributed by atoms with Gasteiger partial charge in [-0.3, -0.25) is 14.0 Å². The Kier molecular flexibility index (Phi) is 5.79. The lowest BCUT2D eigenvalue weighted by atomic mass is 10.2. The average Bonchev–Trinajstić information content (AvgIpc) is 3.49. The maximum atomic E-state index is 13.3. The summed E-state index contributed by atoms with van der Waals surface area (Å²) in [5.41, 5.74) is 1.94. The number of fused-ring (bicyclic) bond motifs is 1. The molecule has 0 aromatic heterocycles. The van der Waals surface area contributed by atoms with E-state index in [9.17, 15) is 13.2 Å². The molecular weight excluding hydrogens is 422 g/mol. The summed E-state index contributed by atoms with van der Waals surface area (Å²) in [6.45, 7) is 2.93. The molecule has 4 rings (SSSR count). The maximum Gasteiger partial charge on any atom is 0.265 e. The lowest BCUT2D eigenvalue weighted by molar-refractivity contribution is 0.0939. The van der Waals surface area contributed by atoms with Gasteiger partial charge in [-0.25, -0.2) is 8.42 Å². The van der Waals surface area contributed by atoms with Crippen molar-refractivity contribution >= 4 is 33.2 Å². The fourth-order valence-electron chi connectivity index (χ4n) is 3.85. The molecule has 1 amide bonds. The van der Waals surface area contributed by atoms with Gasteiger partial charge in [-0.2, -0.15) is 0 Å². The van der Waals surface area contributed by atoms with Gasteiger partial charge in [-0.1, -0.05) is 29.8 Å². The van der Waals surface area contributed by atoms with Gasteiger partial charge in [0.25, 0.3) is 15.9 Å². The van der Waals surface area contributed by atoms with Crippen molar-refractivity contribution in [2.45, 2.75) is 43.2 Å². The highest BCUT2D eigenvalue weighted by Crippen LogP contribution is 2.35. The predicted octanol–water partition coefficient (Wildman–Crippen LogP) is 3.30. The van der Waals surface area contributed by atoms with E-state index in [1.165, 1.54) is 29.3 Å². The minimum atomic E-state index is -3.87. The number of rotatable bonds is 7. The van der Waals surface area contributed by atoms with Gasteiger partial charge in [-0.15, -0.1) is 0 Å². The summed E-state index contributed by atoms with van der Waals surface area (Å²) >= 11 is 6.26. The Labute approximate surface area is 182 Å². The third-order valence-electron chi connectivity index (χ3n) is 5.98. The molecule has 1 fully saturated rings. The molecule has 0 spiro atoms. The molecule has 1 unspecified atom stereocenters. The van der Waals surface area contributed by atoms with E-state index < -0.39 is 10.0 Å². The number of sulfonamides is 1. The fraction of sp³-hybridized carbons (Fsp3) is 0.409. The summed E-state index contributed by atoms with van der Waals surface area (Å²) in [5, 5.41) is 3.02. The van der Waals surface area contributed by atoms with Gasteiger partial charge in [0.05, 0.1) is 10.7 Å². The van der Waals surface area contributed by atoms with Crippen molar-refractivity contribution in [3.8, 4) is 0 Å². The summed E-state index contributed by atoms with van der Waals surface area (Å²) in [6, 6.07) is 12.7. The zero-order valence-corrected chi connectivity index (χ0v) is 18.7. The molecular formula is C22H26ClN3O3S. The van der Waals surface area contributed by atoms with E-state index >= 15 is 0 Å². The molecule has 8 heteroatoms. The summed E-state index contributed by atoms with van der Waals surface area (Å²) in [5.74, 6) is -0.305. The van der Waals surface area contributed by atoms with Crippen LogP contribution in [0.2, 0.25) is 5.02 Å². The molecule has 1 heterocycles. The second-order valence-electron chi connectivity index (χ2n) is 8.06. The average molecular weight is 448 g/mol. The number of halogens is 1. The zero-order chi connectivity index (χ0) is 21.5. The molecule has 6 nitrogen and oxygen atoms in total. The first kappa shape index (κ1) is 21.2. The third-order valence-corrected chi connectivity index (χ3v) is 8.28. The number of hydrogen-bond acceptors (Lipinski definition) is 4. The smallest absolute Gasteiger partial charge is 0.265 e. The maximum absolute atomic E-state index is 13.3. The van der Waals surface area contributed by atoms with E-state index in [0.29, 0.717) is 31.2 Å². The van der Waals surface area contributed by atoms with Crippen molar-refractivity contribution in [1.29, 1.82) is 0 Å². The molecule has 2 aromatic rings. The minimum absolute atomic E-state index is 0.0448. The van der Waals surface area contributed by atoms with Crippen molar-refractivity contribution in [2.75, 3.05) is 24.4 Å². The number of anilines is 1. The van der Waals surface area contributed by atoms with Crippen LogP contribution in [-0.4, -0.2) is 51.4 Å². The predicted molar refractivity (Wildman–Crippen MR) is 119 cm³/mol. The van der Waals surface area contributed by atoms with Gasteiger partial charge in [-0.05, 0) is 63.1 Å². The molecule has 0 saturated heterocycles. The van der Waals surface area contributed by atoms with E-state index in [2.05, 4.69) is 24.2 Å². The van der Waals surface area contributed by atoms with Crippen molar-refractivity contribution in [3.05, 3.63) is 58.6 Å². The monoisotopic (exact) mass is 447 g/mol. The molecule has 30 heavy (non-hydrogen) atoms. The lowest BCUT2D eigenvalue weighted by Crippen LogP contribution is -2.41. The summed E-state index contributed by atoms with van der Waals surface area (Å²) in [6.07, 6.45) is 3.05. The Hall–Kier alpha value is -2.09. The van der Waals surface area contributed by atoms with Crippen molar-refractivity contribution < 1.29 is 13.2 Å². The summed E-state index contributed by atoms with van der Waals surface area (Å²) in [7, 11) is -1.81. The van der Waals surface area contributed by atoms with Crippen LogP contribution in [0.25, 0.3) is 0 Å². The highest BCUT2D eigenvalue weighted by molar-refractivity contribution is 7.93. The summed E-state index contributed by atoms with van der Waals surface area (Å²) in [4.78, 5) is 14.9. The Morgan fingerprint density at radius 1 is 1.27 bits per heavy atom. The van der Waals surface area contributed by atoms with E-state index in [1.54, 1.807) is 12.1 Å². The first-order valence-corrected chi connectivity index (χ1v) is 12.0. The molecule has 0 bridgehead atoms. The van der Waals surface area contributed by atoms with Crippen LogP contribution in [0.5, 0.6) is 0 Å². The van der Waals surface area contributed by atoms with Crippen LogP contribution in [0.1, 0.15) is 35.7 Å². The Bertz CT molecular complexity index is 1070. The van der Waals surface area contributed by atoms with Crippen LogP contribution in [-0.2, 0) is 16.4 Å². The molecule has 160 valence electrons. The standard InChI is InChI=1S/C22H26ClN3O3S/c1-15(25(2)18-8-9-18)14-24-22(27)17-7-10-19(23)21(13-17)30(28,29)26-12-11-16-5-3-4-6-20(16)26/h3-7,10,13,15,18H,8-9,11-12,14H2,1-2H3,(H,24,27). The molecule has 0 radical (unpaired) electrons. The number of amides is 1. The molecule has 2 aliphatic rings. The number of carbonyl (C=O) groups is 1. The highest BCUT2D eigenvalue weighted by atomic mass is 35.5. The number of likely N-dealkylation sites (N-methyl/N-ethyl adjacent to an activating group) is 1. The molecule has 1 N–H and O–H groups in total. The quantitative estimate of drug-likeness (QED) is 0.707. The van der Waals surface area contributed by atoms with E-state index in [4.69, 9.17) is 11.6 Å². The van der Waals surface area contributed by atoms with Crippen molar-refractivity contribution in [2.24, 2.45) is 0 Å². The number of para-hydroxylation sites is 1. The van der Waals surface area contributed by atoms with E-state index in [0.717, 1.165) is 5.56 Å². The van der Waals surface area contributed by atoms with E-state index in [-0.39, 0.29) is 27.4 Å². The van der Waals surface area contributed by atoms with Gasteiger partial charge >= 0.3 is 0 Å². The lowest BCUT2D eigenvalue weighted by Gasteiger charge is -2.24. The number of nitrogens with one attached hydrogen (secondary N) is 1. The minimum Gasteiger partial charge on any atom is -0.350 e. The number of nitrogens with zero attached hydrogens (tertiary/aromatic N) is 2. The van der Waals surface area contributed by atoms with Gasteiger partial charge in [0.1, 0.15) is 4.90 Å². The first-order valence-electron chi connectivity index (χ1n) is 10.2. The van der Waals surface area contributed by atoms with Crippen LogP contribution in [0.3, 0.4) is 0 Å². The highest BCUT2D eigenvalue weighted by Gasteiger charge is 2.33. The largest absolute Gasteiger partial charge is 0.350 e. The van der Waals surface area contributed by atoms with Crippen LogP contribution < -0.4 is 9.62 Å². The van der Waals surface area contributed by atoms with Crippen LogP contribution >= 0.6 is 11.6 Å². The second-order valence-corrected chi connectivity index (χ2v) is 10.3. The Morgan fingerprint density at radius 3 is 2.73 bits per heavy atom. The van der Waals surface area contributed by atoms with Gasteiger partial charge < -0.3 is 5.32 Å². The van der Waals surface area contributed by atoms with Crippen LogP contribution in [0.15, 0.2) is 47.4 Å². The molecule has 1 atom stereocenters. The Morgan fingerprint density at radius 2 is 2.00 bits per heavy atom. The topological polar surface area (TPSA) is 69.7 Å². The fourth-order valence-corrected chi connectivity index (χ4v) is 5.85. The SMILES string of the molecule is CC(CNC(=O)c1ccc(Cl)c(S(=O)(=O)N2CCc3ccccc32)c1)N(C)C1CC1. The molecule has 1 aliphatic heterocycles. The Balaban J connectivity index is 1.53. The van der Waals surface area contributed by atoms with Crippen LogP contribution in [0, 0.1) is 0 Å². The summed E-state index contributed by atoms with van der Waals surface area (Å²) < 4.78 is 28.0. The normalized spacial score (nSPS) is 17.1. The third kappa shape index (κ3) is 4.06. The van der Waals surface area contributed by atoms with Gasteiger partial charge in [0.2, 0.25) is 0 Å². The number of carbonyl (C=O) groups excluding carboxylic acids is 1. The number of benzene rings is 2. The van der Waals surface area contributed by atoms with Crippen molar-refractivity contribution in [3.63, 3.8) is 0 Å². The zero-order valence-electron chi connectivity index (χ0n) is 17.1. The van der Waals surface area contributed by atoms with Gasteiger partial charge in [0, 0.05) is 30.7 Å². The first-order chi connectivity index (χ1) is 14.3. The van der Waals surface area contributed by atoms with E-state index in [1.807, 2.05) is 18.2 Å². The van der Waals surface area contributed by atoms with Gasteiger partial charge in [0.15, 0.2) is 0 Å². The van der Waals surface area contributed by atoms with Crippen LogP contribution in [0.4, 0.5) is 5.69 Å².